The van der Waals surface area contributed by atoms with Crippen molar-refractivity contribution in [2.75, 3.05) is 39.8 Å². The number of hydrogen-bond acceptors (Lipinski definition) is 4. The van der Waals surface area contributed by atoms with Crippen molar-refractivity contribution < 1.29 is 14.3 Å². The zero-order chi connectivity index (χ0) is 21.3. The largest absolute Gasteiger partial charge is 0.414 e. The lowest BCUT2D eigenvalue weighted by atomic mass is 10.2. The molecule has 1 fully saturated rings. The van der Waals surface area contributed by atoms with Crippen LogP contribution in [0.2, 0.25) is 0 Å². The van der Waals surface area contributed by atoms with Gasteiger partial charge in [0.25, 0.3) is 0 Å². The third-order valence-corrected chi connectivity index (χ3v) is 5.22. The third-order valence-electron chi connectivity index (χ3n) is 5.22. The van der Waals surface area contributed by atoms with E-state index in [1.165, 1.54) is 10.5 Å². The number of benzene rings is 2. The van der Waals surface area contributed by atoms with Gasteiger partial charge in [-0.2, -0.15) is 0 Å². The van der Waals surface area contributed by atoms with E-state index in [1.807, 2.05) is 30.0 Å². The van der Waals surface area contributed by atoms with Gasteiger partial charge < -0.3 is 14.5 Å². The fourth-order valence-corrected chi connectivity index (χ4v) is 3.20. The van der Waals surface area contributed by atoms with E-state index in [0.29, 0.717) is 12.3 Å². The highest BCUT2D eigenvalue weighted by atomic mass is 16.6. The van der Waals surface area contributed by atoms with E-state index in [9.17, 15) is 9.59 Å². The van der Waals surface area contributed by atoms with Crippen LogP contribution in [0.15, 0.2) is 60.7 Å². The summed E-state index contributed by atoms with van der Waals surface area (Å²) in [5.74, 6) is 0.507. The van der Waals surface area contributed by atoms with Crippen LogP contribution in [0.5, 0.6) is 5.75 Å². The van der Waals surface area contributed by atoms with Gasteiger partial charge in [0.15, 0.2) is 0 Å². The van der Waals surface area contributed by atoms with E-state index in [-0.39, 0.29) is 12.0 Å². The summed E-state index contributed by atoms with van der Waals surface area (Å²) in [5, 5.41) is 0. The Balaban J connectivity index is 1.46. The van der Waals surface area contributed by atoms with Gasteiger partial charge >= 0.3 is 6.09 Å². The molecule has 3 rings (SSSR count). The molecule has 1 aliphatic heterocycles. The average molecular weight is 408 g/mol. The summed E-state index contributed by atoms with van der Waals surface area (Å²) in [6, 6.07) is 17.5. The predicted molar refractivity (Wildman–Crippen MR) is 118 cm³/mol. The van der Waals surface area contributed by atoms with Gasteiger partial charge in [0, 0.05) is 52.4 Å². The smallest absolute Gasteiger partial charge is 0.410 e. The molecule has 0 unspecified atom stereocenters. The first-order valence-electron chi connectivity index (χ1n) is 10.3. The zero-order valence-corrected chi connectivity index (χ0v) is 17.7. The lowest BCUT2D eigenvalue weighted by Gasteiger charge is -2.34. The molecule has 0 N–H and O–H groups in total. The van der Waals surface area contributed by atoms with Crippen LogP contribution in [-0.4, -0.2) is 66.5 Å². The van der Waals surface area contributed by atoms with E-state index >= 15 is 0 Å². The van der Waals surface area contributed by atoms with Gasteiger partial charge in [-0.15, -0.1) is 0 Å². The van der Waals surface area contributed by atoms with Gasteiger partial charge in [0.2, 0.25) is 5.91 Å². The van der Waals surface area contributed by atoms with Crippen LogP contribution in [0.25, 0.3) is 6.08 Å². The monoisotopic (exact) mass is 407 g/mol. The van der Waals surface area contributed by atoms with E-state index in [1.54, 1.807) is 31.3 Å². The van der Waals surface area contributed by atoms with Crippen molar-refractivity contribution in [2.45, 2.75) is 13.5 Å². The molecule has 1 aliphatic rings. The van der Waals surface area contributed by atoms with Crippen LogP contribution in [0.4, 0.5) is 4.79 Å². The minimum atomic E-state index is -0.387. The fourth-order valence-electron chi connectivity index (χ4n) is 3.20. The topological polar surface area (TPSA) is 53.1 Å². The van der Waals surface area contributed by atoms with Gasteiger partial charge in [-0.05, 0) is 36.3 Å². The van der Waals surface area contributed by atoms with Crippen molar-refractivity contribution in [3.05, 3.63) is 71.8 Å². The Morgan fingerprint density at radius 3 is 2.30 bits per heavy atom. The summed E-state index contributed by atoms with van der Waals surface area (Å²) >= 11 is 0. The number of piperazine rings is 1. The first-order valence-corrected chi connectivity index (χ1v) is 10.3. The maximum Gasteiger partial charge on any atom is 0.414 e. The zero-order valence-electron chi connectivity index (χ0n) is 17.7. The normalized spacial score (nSPS) is 14.7. The Morgan fingerprint density at radius 2 is 1.67 bits per heavy atom. The average Bonchev–Trinajstić information content (AvgIpc) is 2.79. The van der Waals surface area contributed by atoms with Gasteiger partial charge in [-0.3, -0.25) is 9.69 Å². The predicted octanol–water partition coefficient (Wildman–Crippen LogP) is 3.49. The van der Waals surface area contributed by atoms with Crippen LogP contribution in [-0.2, 0) is 11.3 Å². The molecule has 158 valence electrons. The number of rotatable bonds is 6. The molecule has 1 heterocycles. The van der Waals surface area contributed by atoms with Gasteiger partial charge in [-0.1, -0.05) is 42.5 Å². The minimum absolute atomic E-state index is 0.0226. The Kier molecular flexibility index (Phi) is 7.63. The van der Waals surface area contributed by atoms with Crippen LogP contribution in [0, 0.1) is 0 Å². The minimum Gasteiger partial charge on any atom is -0.410 e. The third kappa shape index (κ3) is 6.19. The molecule has 0 aromatic heterocycles. The molecule has 2 aromatic rings. The van der Waals surface area contributed by atoms with Crippen molar-refractivity contribution in [3.63, 3.8) is 0 Å². The number of carbonyl (C=O) groups is 2. The van der Waals surface area contributed by atoms with Gasteiger partial charge in [0.05, 0.1) is 0 Å². The Bertz CT molecular complexity index is 857. The van der Waals surface area contributed by atoms with Gasteiger partial charge in [0.1, 0.15) is 5.75 Å². The molecule has 0 bridgehead atoms. The Morgan fingerprint density at radius 1 is 1.00 bits per heavy atom. The standard InChI is InChI=1S/C24H29N3O3/c1-3-25(2)24(29)30-22-12-9-20(10-13-22)11-14-23(28)27-17-15-26(16-18-27)19-21-7-5-4-6-8-21/h4-14H,3,15-19H2,1-2H3/b14-11+. The highest BCUT2D eigenvalue weighted by molar-refractivity contribution is 5.91. The molecule has 0 radical (unpaired) electrons. The number of amides is 2. The Labute approximate surface area is 178 Å². The van der Waals surface area contributed by atoms with Crippen molar-refractivity contribution in [2.24, 2.45) is 0 Å². The molecular formula is C24H29N3O3. The summed E-state index contributed by atoms with van der Waals surface area (Å²) in [6.45, 7) is 6.61. The van der Waals surface area contributed by atoms with Crippen molar-refractivity contribution >= 4 is 18.1 Å². The molecule has 1 saturated heterocycles. The van der Waals surface area contributed by atoms with Gasteiger partial charge in [-0.25, -0.2) is 4.79 Å². The lowest BCUT2D eigenvalue weighted by Crippen LogP contribution is -2.47. The second-order valence-electron chi connectivity index (χ2n) is 7.37. The molecule has 0 saturated carbocycles. The van der Waals surface area contributed by atoms with Crippen LogP contribution < -0.4 is 4.74 Å². The number of ether oxygens (including phenoxy) is 1. The first kappa shape index (κ1) is 21.6. The lowest BCUT2D eigenvalue weighted by molar-refractivity contribution is -0.127. The first-order chi connectivity index (χ1) is 14.5. The van der Waals surface area contributed by atoms with Crippen LogP contribution in [0.1, 0.15) is 18.1 Å². The van der Waals surface area contributed by atoms with E-state index < -0.39 is 0 Å². The quantitative estimate of drug-likeness (QED) is 0.688. The molecule has 2 aromatic carbocycles. The molecule has 2 amide bonds. The molecule has 6 nitrogen and oxygen atoms in total. The maximum atomic E-state index is 12.5. The number of carbonyl (C=O) groups excluding carboxylic acids is 2. The molecular weight excluding hydrogens is 378 g/mol. The number of nitrogens with zero attached hydrogens (tertiary/aromatic N) is 3. The van der Waals surface area contributed by atoms with Crippen molar-refractivity contribution in [3.8, 4) is 5.75 Å². The second-order valence-corrected chi connectivity index (χ2v) is 7.37. The molecule has 0 atom stereocenters. The maximum absolute atomic E-state index is 12.5. The summed E-state index contributed by atoms with van der Waals surface area (Å²) in [6.07, 6.45) is 3.02. The SMILES string of the molecule is CCN(C)C(=O)Oc1ccc(/C=C/C(=O)N2CCN(Cc3ccccc3)CC2)cc1. The Hall–Kier alpha value is -3.12. The van der Waals surface area contributed by atoms with Crippen molar-refractivity contribution in [1.82, 2.24) is 14.7 Å². The summed E-state index contributed by atoms with van der Waals surface area (Å²) < 4.78 is 5.28. The van der Waals surface area contributed by atoms with E-state index in [4.69, 9.17) is 4.74 Å². The number of hydrogen-bond donors (Lipinski definition) is 0. The summed E-state index contributed by atoms with van der Waals surface area (Å²) in [5.41, 5.74) is 2.18. The molecule has 6 heteroatoms. The van der Waals surface area contributed by atoms with Crippen LogP contribution >= 0.6 is 0 Å². The summed E-state index contributed by atoms with van der Waals surface area (Å²) in [7, 11) is 1.69. The highest BCUT2D eigenvalue weighted by Gasteiger charge is 2.19. The van der Waals surface area contributed by atoms with E-state index in [0.717, 1.165) is 38.3 Å². The summed E-state index contributed by atoms with van der Waals surface area (Å²) in [4.78, 5) is 30.0. The van der Waals surface area contributed by atoms with E-state index in [2.05, 4.69) is 29.2 Å². The van der Waals surface area contributed by atoms with Crippen molar-refractivity contribution in [1.29, 1.82) is 0 Å². The molecule has 0 aliphatic carbocycles. The molecule has 30 heavy (non-hydrogen) atoms. The second kappa shape index (κ2) is 10.6. The molecule has 0 spiro atoms. The van der Waals surface area contributed by atoms with Crippen LogP contribution in [0.3, 0.4) is 0 Å². The highest BCUT2D eigenvalue weighted by Crippen LogP contribution is 2.15. The fraction of sp³-hybridized carbons (Fsp3) is 0.333.